The molecule has 0 unspecified atom stereocenters. The third-order valence-electron chi connectivity index (χ3n) is 7.12. The van der Waals surface area contributed by atoms with E-state index in [1.54, 1.807) is 6.49 Å². The molecule has 4 aromatic carbocycles. The Morgan fingerprint density at radius 2 is 1.19 bits per heavy atom. The Morgan fingerprint density at radius 3 is 1.67 bits per heavy atom. The minimum absolute atomic E-state index is 0. The van der Waals surface area contributed by atoms with Crippen LogP contribution >= 0.6 is 0 Å². The molecule has 0 amide bonds. The SMILES string of the molecule is Cc1cccc([C](c2cccc(C)c2)=[Zr+2]([C]2=CC=CC2)[CH]2c3ccccc3-c3ccccc32)c1.[Cl-].[Cl-]. The molecule has 0 N–H and O–H groups in total. The van der Waals surface area contributed by atoms with Crippen LogP contribution in [0.5, 0.6) is 0 Å². The van der Waals surface area contributed by atoms with Gasteiger partial charge >= 0.3 is 211 Å². The van der Waals surface area contributed by atoms with Crippen LogP contribution in [0.1, 0.15) is 43.4 Å². The van der Waals surface area contributed by atoms with Crippen LogP contribution in [-0.2, 0) is 21.3 Å². The van der Waals surface area contributed by atoms with Crippen molar-refractivity contribution in [2.75, 3.05) is 0 Å². The molecule has 0 aliphatic heterocycles. The predicted octanol–water partition coefficient (Wildman–Crippen LogP) is 2.11. The molecule has 0 heterocycles. The van der Waals surface area contributed by atoms with Gasteiger partial charge < -0.3 is 24.8 Å². The molecule has 178 valence electrons. The van der Waals surface area contributed by atoms with Crippen LogP contribution in [0.25, 0.3) is 11.1 Å². The summed E-state index contributed by atoms with van der Waals surface area (Å²) in [5.41, 5.74) is 11.4. The second kappa shape index (κ2) is 11.4. The average Bonchev–Trinajstić information content (AvgIpc) is 3.49. The molecule has 3 heteroatoms. The maximum atomic E-state index is 2.45. The molecule has 0 spiro atoms. The molecule has 4 aromatic rings. The molecule has 6 rings (SSSR count). The van der Waals surface area contributed by atoms with E-state index in [2.05, 4.69) is 129 Å². The Kier molecular flexibility index (Phi) is 8.46. The number of aryl methyl sites for hydroxylation is 2. The molecular formula is C33H28Cl2Zr. The van der Waals surface area contributed by atoms with Crippen molar-refractivity contribution in [3.05, 3.63) is 152 Å². The van der Waals surface area contributed by atoms with Crippen LogP contribution < -0.4 is 24.8 Å². The van der Waals surface area contributed by atoms with Crippen LogP contribution in [0.4, 0.5) is 0 Å². The van der Waals surface area contributed by atoms with Crippen molar-refractivity contribution < 1.29 is 46.1 Å². The maximum absolute atomic E-state index is 2.52. The molecule has 2 aliphatic carbocycles. The van der Waals surface area contributed by atoms with Gasteiger partial charge in [-0.05, 0) is 0 Å². The average molecular weight is 587 g/mol. The van der Waals surface area contributed by atoms with Crippen molar-refractivity contribution in [3.63, 3.8) is 0 Å². The summed E-state index contributed by atoms with van der Waals surface area (Å²) in [5, 5.41) is 0. The quantitative estimate of drug-likeness (QED) is 0.344. The minimum Gasteiger partial charge on any atom is -1.00 e. The molecule has 0 saturated carbocycles. The summed E-state index contributed by atoms with van der Waals surface area (Å²) in [6.07, 6.45) is 8.18. The second-order valence-electron chi connectivity index (χ2n) is 9.46. The largest absolute Gasteiger partial charge is 1.00 e. The number of rotatable bonds is 4. The van der Waals surface area contributed by atoms with Crippen molar-refractivity contribution in [3.8, 4) is 11.1 Å². The third kappa shape index (κ3) is 4.82. The van der Waals surface area contributed by atoms with E-state index in [0.29, 0.717) is 3.63 Å². The third-order valence-corrected chi connectivity index (χ3v) is 15.4. The number of allylic oxidation sites excluding steroid dienone is 4. The molecule has 2 aliphatic rings. The summed E-state index contributed by atoms with van der Waals surface area (Å²) >= 11 is -2.52. The van der Waals surface area contributed by atoms with E-state index in [4.69, 9.17) is 0 Å². The van der Waals surface area contributed by atoms with E-state index in [1.807, 2.05) is 0 Å². The molecule has 0 radical (unpaired) electrons. The molecule has 0 aromatic heterocycles. The van der Waals surface area contributed by atoms with E-state index < -0.39 is 21.3 Å². The predicted molar refractivity (Wildman–Crippen MR) is 141 cm³/mol. The first-order valence-electron chi connectivity index (χ1n) is 12.1. The van der Waals surface area contributed by atoms with Crippen molar-refractivity contribution >= 4 is 3.21 Å². The van der Waals surface area contributed by atoms with Gasteiger partial charge in [0.2, 0.25) is 0 Å². The van der Waals surface area contributed by atoms with E-state index in [9.17, 15) is 0 Å². The van der Waals surface area contributed by atoms with Crippen LogP contribution in [-0.4, -0.2) is 3.21 Å². The molecule has 0 bridgehead atoms. The first-order valence-corrected chi connectivity index (χ1v) is 16.0. The van der Waals surface area contributed by atoms with Gasteiger partial charge in [-0.1, -0.05) is 0 Å². The standard InChI is InChI=1S/C15H14.C13H9.C5H5.2ClH.Zr/c1-12-5-3-7-14(9-12)11-15-8-4-6-13(2)10-15;1-3-7-12-10(5-1)9-11-6-2-4-8-13(11)12;1-2-4-5-3-1;;;/h3-10H,1-2H3;1-9H;1-3H,4H2;2*1H;/q;;;;;+2/p-2. The summed E-state index contributed by atoms with van der Waals surface area (Å²) in [5.74, 6) is 0. The van der Waals surface area contributed by atoms with Crippen molar-refractivity contribution in [1.82, 2.24) is 0 Å². The van der Waals surface area contributed by atoms with Crippen LogP contribution in [0.3, 0.4) is 0 Å². The summed E-state index contributed by atoms with van der Waals surface area (Å²) < 4.78 is 3.80. The van der Waals surface area contributed by atoms with E-state index in [0.717, 1.165) is 6.42 Å². The molecule has 0 nitrogen and oxygen atoms in total. The van der Waals surface area contributed by atoms with Crippen molar-refractivity contribution in [1.29, 1.82) is 0 Å². The first kappa shape index (κ1) is 26.7. The van der Waals surface area contributed by atoms with Crippen molar-refractivity contribution in [2.24, 2.45) is 0 Å². The van der Waals surface area contributed by atoms with Gasteiger partial charge in [-0.15, -0.1) is 0 Å². The Hall–Kier alpha value is -2.31. The second-order valence-corrected chi connectivity index (χ2v) is 15.7. The summed E-state index contributed by atoms with van der Waals surface area (Å²) in [7, 11) is 0. The van der Waals surface area contributed by atoms with Crippen LogP contribution in [0.15, 0.2) is 119 Å². The van der Waals surface area contributed by atoms with Gasteiger partial charge in [-0.25, -0.2) is 0 Å². The monoisotopic (exact) mass is 584 g/mol. The Balaban J connectivity index is 0.00000152. The summed E-state index contributed by atoms with van der Waals surface area (Å²) in [6, 6.07) is 36.7. The Bertz CT molecular complexity index is 1420. The number of fused-ring (bicyclic) bond motifs is 3. The fourth-order valence-electron chi connectivity index (χ4n) is 5.68. The molecule has 36 heavy (non-hydrogen) atoms. The van der Waals surface area contributed by atoms with Crippen LogP contribution in [0, 0.1) is 13.8 Å². The van der Waals surface area contributed by atoms with Gasteiger partial charge in [0.15, 0.2) is 0 Å². The van der Waals surface area contributed by atoms with Gasteiger partial charge in [0.1, 0.15) is 0 Å². The zero-order valence-corrected chi connectivity index (χ0v) is 24.5. The summed E-state index contributed by atoms with van der Waals surface area (Å²) in [4.78, 5) is 0. The zero-order valence-electron chi connectivity index (χ0n) is 20.5. The maximum Gasteiger partial charge on any atom is -1.00 e. The number of hydrogen-bond donors (Lipinski definition) is 0. The van der Waals surface area contributed by atoms with Gasteiger partial charge in [-0.3, -0.25) is 0 Å². The van der Waals surface area contributed by atoms with Gasteiger partial charge in [0.05, 0.1) is 0 Å². The van der Waals surface area contributed by atoms with E-state index >= 15 is 0 Å². The number of benzene rings is 4. The number of hydrogen-bond acceptors (Lipinski definition) is 0. The fourth-order valence-corrected chi connectivity index (χ4v) is 14.7. The van der Waals surface area contributed by atoms with E-state index in [1.165, 1.54) is 44.5 Å². The smallest absolute Gasteiger partial charge is 1.00 e. The molecule has 0 saturated heterocycles. The minimum atomic E-state index is -2.52. The zero-order chi connectivity index (χ0) is 23.1. The topological polar surface area (TPSA) is 0 Å². The molecule has 0 atom stereocenters. The van der Waals surface area contributed by atoms with Crippen molar-refractivity contribution in [2.45, 2.75) is 23.9 Å². The van der Waals surface area contributed by atoms with Gasteiger partial charge in [0, 0.05) is 0 Å². The molecular weight excluding hydrogens is 558 g/mol. The number of halogens is 2. The fraction of sp³-hybridized carbons (Fsp3) is 0.121. The van der Waals surface area contributed by atoms with Crippen LogP contribution in [0.2, 0.25) is 0 Å². The Morgan fingerprint density at radius 1 is 0.667 bits per heavy atom. The van der Waals surface area contributed by atoms with Gasteiger partial charge in [-0.2, -0.15) is 0 Å². The first-order chi connectivity index (χ1) is 16.7. The normalized spacial score (nSPS) is 13.0. The Labute approximate surface area is 234 Å². The summed E-state index contributed by atoms with van der Waals surface area (Å²) in [6.45, 7) is 4.44. The molecule has 0 fully saturated rings. The van der Waals surface area contributed by atoms with E-state index in [-0.39, 0.29) is 24.8 Å². The van der Waals surface area contributed by atoms with Gasteiger partial charge in [0.25, 0.3) is 0 Å².